The first kappa shape index (κ1) is 11.5. The second-order valence-electron chi connectivity index (χ2n) is 3.97. The van der Waals surface area contributed by atoms with Crippen LogP contribution in [0.1, 0.15) is 12.8 Å². The topological polar surface area (TPSA) is 54.0 Å². The third kappa shape index (κ3) is 3.28. The van der Waals surface area contributed by atoms with E-state index in [1.165, 1.54) is 0 Å². The van der Waals surface area contributed by atoms with Gasteiger partial charge in [0.1, 0.15) is 5.82 Å². The Morgan fingerprint density at radius 2 is 2.50 bits per heavy atom. The molecule has 1 atom stereocenters. The molecule has 0 spiro atoms. The Hall–Kier alpha value is -0.940. The van der Waals surface area contributed by atoms with E-state index in [-0.39, 0.29) is 5.91 Å². The molecule has 4 nitrogen and oxygen atoms in total. The molecule has 1 unspecified atom stereocenters. The molecule has 2 rings (SSSR count). The zero-order valence-corrected chi connectivity index (χ0v) is 10.5. The summed E-state index contributed by atoms with van der Waals surface area (Å²) in [7, 11) is 0. The van der Waals surface area contributed by atoms with Crippen molar-refractivity contribution in [3.8, 4) is 0 Å². The molecule has 0 saturated carbocycles. The van der Waals surface area contributed by atoms with Crippen LogP contribution in [0.4, 0.5) is 5.82 Å². The van der Waals surface area contributed by atoms with Crippen molar-refractivity contribution in [1.82, 2.24) is 10.3 Å². The van der Waals surface area contributed by atoms with Crippen LogP contribution in [-0.2, 0) is 4.79 Å². The fourth-order valence-electron chi connectivity index (χ4n) is 1.79. The number of nitrogens with zero attached hydrogens (tertiary/aromatic N) is 1. The molecule has 0 aromatic carbocycles. The third-order valence-electron chi connectivity index (χ3n) is 2.63. The molecule has 86 valence electrons. The maximum Gasteiger partial charge on any atom is 0.225 e. The van der Waals surface area contributed by atoms with E-state index < -0.39 is 0 Å². The lowest BCUT2D eigenvalue weighted by molar-refractivity contribution is -0.117. The number of nitrogens with one attached hydrogen (secondary N) is 2. The highest BCUT2D eigenvalue weighted by atomic mass is 79.9. The zero-order chi connectivity index (χ0) is 11.4. The van der Waals surface area contributed by atoms with Gasteiger partial charge in [-0.1, -0.05) is 0 Å². The molecule has 2 N–H and O–H groups in total. The van der Waals surface area contributed by atoms with Crippen LogP contribution in [0.5, 0.6) is 0 Å². The summed E-state index contributed by atoms with van der Waals surface area (Å²) in [5, 5.41) is 6.04. The van der Waals surface area contributed by atoms with Crippen LogP contribution in [-0.4, -0.2) is 24.0 Å². The number of halogens is 1. The number of aromatic nitrogens is 1. The van der Waals surface area contributed by atoms with Crippen LogP contribution >= 0.6 is 15.9 Å². The molecule has 1 fully saturated rings. The molecule has 16 heavy (non-hydrogen) atoms. The summed E-state index contributed by atoms with van der Waals surface area (Å²) in [6, 6.07) is 3.65. The van der Waals surface area contributed by atoms with Crippen molar-refractivity contribution in [2.24, 2.45) is 5.92 Å². The van der Waals surface area contributed by atoms with E-state index in [9.17, 15) is 4.79 Å². The molecule has 1 aromatic rings. The van der Waals surface area contributed by atoms with Gasteiger partial charge < -0.3 is 10.6 Å². The van der Waals surface area contributed by atoms with Crippen LogP contribution in [0.2, 0.25) is 0 Å². The quantitative estimate of drug-likeness (QED) is 0.889. The van der Waals surface area contributed by atoms with Gasteiger partial charge in [0, 0.05) is 17.1 Å². The van der Waals surface area contributed by atoms with Crippen LogP contribution in [0.3, 0.4) is 0 Å². The molecule has 1 aliphatic heterocycles. The minimum atomic E-state index is 0.0449. The predicted octanol–water partition coefficient (Wildman–Crippen LogP) is 1.78. The molecule has 1 aromatic heterocycles. The summed E-state index contributed by atoms with van der Waals surface area (Å²) in [4.78, 5) is 15.8. The van der Waals surface area contributed by atoms with Crippen molar-refractivity contribution in [1.29, 1.82) is 0 Å². The minimum Gasteiger partial charge on any atom is -0.316 e. The van der Waals surface area contributed by atoms with Crippen molar-refractivity contribution in [2.75, 3.05) is 18.4 Å². The second kappa shape index (κ2) is 5.41. The van der Waals surface area contributed by atoms with Crippen molar-refractivity contribution in [3.05, 3.63) is 22.8 Å². The fourth-order valence-corrected chi connectivity index (χ4v) is 2.03. The van der Waals surface area contributed by atoms with Gasteiger partial charge in [0.25, 0.3) is 0 Å². The lowest BCUT2D eigenvalue weighted by atomic mass is 10.0. The van der Waals surface area contributed by atoms with Gasteiger partial charge in [-0.05, 0) is 53.5 Å². The van der Waals surface area contributed by atoms with Crippen molar-refractivity contribution in [2.45, 2.75) is 12.8 Å². The van der Waals surface area contributed by atoms with Crippen LogP contribution in [0.15, 0.2) is 22.8 Å². The van der Waals surface area contributed by atoms with Crippen LogP contribution in [0.25, 0.3) is 0 Å². The van der Waals surface area contributed by atoms with Crippen molar-refractivity contribution in [3.63, 3.8) is 0 Å². The van der Waals surface area contributed by atoms with Gasteiger partial charge in [-0.2, -0.15) is 0 Å². The lowest BCUT2D eigenvalue weighted by Crippen LogP contribution is -2.18. The summed E-state index contributed by atoms with van der Waals surface area (Å²) in [6.07, 6.45) is 3.33. The van der Waals surface area contributed by atoms with E-state index in [1.807, 2.05) is 6.07 Å². The molecular weight excluding hydrogens is 270 g/mol. The fraction of sp³-hybridized carbons (Fsp3) is 0.455. The van der Waals surface area contributed by atoms with Gasteiger partial charge in [-0.15, -0.1) is 0 Å². The van der Waals surface area contributed by atoms with Crippen molar-refractivity contribution >= 4 is 27.7 Å². The highest BCUT2D eigenvalue weighted by Gasteiger charge is 2.18. The molecule has 0 aliphatic carbocycles. The predicted molar refractivity (Wildman–Crippen MR) is 66.2 cm³/mol. The average molecular weight is 284 g/mol. The first-order valence-corrected chi connectivity index (χ1v) is 6.15. The Bertz CT molecular complexity index is 360. The highest BCUT2D eigenvalue weighted by Crippen LogP contribution is 2.14. The van der Waals surface area contributed by atoms with E-state index in [1.54, 1.807) is 12.3 Å². The minimum absolute atomic E-state index is 0.0449. The van der Waals surface area contributed by atoms with Crippen LogP contribution in [0, 0.1) is 5.92 Å². The number of pyridine rings is 1. The Labute approximate surface area is 103 Å². The van der Waals surface area contributed by atoms with Gasteiger partial charge in [-0.25, -0.2) is 4.98 Å². The second-order valence-corrected chi connectivity index (χ2v) is 4.89. The largest absolute Gasteiger partial charge is 0.316 e. The standard InChI is InChI=1S/C11H14BrN3O/c12-9-1-2-10(14-7-9)15-11(16)5-8-3-4-13-6-8/h1-2,7-8,13H,3-6H2,(H,14,15,16). The smallest absolute Gasteiger partial charge is 0.225 e. The van der Waals surface area contributed by atoms with Gasteiger partial charge in [0.2, 0.25) is 5.91 Å². The molecule has 0 radical (unpaired) electrons. The summed E-state index contributed by atoms with van der Waals surface area (Å²) in [5.41, 5.74) is 0. The Morgan fingerprint density at radius 1 is 1.62 bits per heavy atom. The van der Waals surface area contributed by atoms with Crippen LogP contribution < -0.4 is 10.6 Å². The number of rotatable bonds is 3. The molecule has 1 aliphatic rings. The molecule has 2 heterocycles. The first-order chi connectivity index (χ1) is 7.74. The summed E-state index contributed by atoms with van der Waals surface area (Å²) >= 11 is 3.30. The zero-order valence-electron chi connectivity index (χ0n) is 8.87. The average Bonchev–Trinajstić information content (AvgIpc) is 2.74. The first-order valence-electron chi connectivity index (χ1n) is 5.36. The third-order valence-corrected chi connectivity index (χ3v) is 3.10. The summed E-state index contributed by atoms with van der Waals surface area (Å²) < 4.78 is 0.908. The molecular formula is C11H14BrN3O. The number of hydrogen-bond donors (Lipinski definition) is 2. The molecule has 5 heteroatoms. The summed E-state index contributed by atoms with van der Waals surface area (Å²) in [5.74, 6) is 1.12. The summed E-state index contributed by atoms with van der Waals surface area (Å²) in [6.45, 7) is 1.97. The molecule has 0 bridgehead atoms. The van der Waals surface area contributed by atoms with Gasteiger partial charge in [0.15, 0.2) is 0 Å². The number of hydrogen-bond acceptors (Lipinski definition) is 3. The van der Waals surface area contributed by atoms with E-state index in [0.717, 1.165) is 24.0 Å². The van der Waals surface area contributed by atoms with Gasteiger partial charge in [-0.3, -0.25) is 4.79 Å². The maximum absolute atomic E-state index is 11.7. The highest BCUT2D eigenvalue weighted by molar-refractivity contribution is 9.10. The maximum atomic E-state index is 11.7. The van der Waals surface area contributed by atoms with Crippen molar-refractivity contribution < 1.29 is 4.79 Å². The number of amides is 1. The van der Waals surface area contributed by atoms with E-state index in [2.05, 4.69) is 31.5 Å². The normalized spacial score (nSPS) is 19.7. The number of anilines is 1. The van der Waals surface area contributed by atoms with Gasteiger partial charge >= 0.3 is 0 Å². The van der Waals surface area contributed by atoms with E-state index in [4.69, 9.17) is 0 Å². The number of carbonyl (C=O) groups is 1. The van der Waals surface area contributed by atoms with Gasteiger partial charge in [0.05, 0.1) is 0 Å². The SMILES string of the molecule is O=C(CC1CCNC1)Nc1ccc(Br)cn1. The van der Waals surface area contributed by atoms with E-state index >= 15 is 0 Å². The Morgan fingerprint density at radius 3 is 3.12 bits per heavy atom. The Balaban J connectivity index is 1.84. The number of carbonyl (C=O) groups excluding carboxylic acids is 1. The lowest BCUT2D eigenvalue weighted by Gasteiger charge is -2.08. The van der Waals surface area contributed by atoms with E-state index in [0.29, 0.717) is 18.2 Å². The molecule has 1 saturated heterocycles. The Kier molecular flexibility index (Phi) is 3.90. The molecule has 1 amide bonds. The monoisotopic (exact) mass is 283 g/mol.